The zero-order valence-electron chi connectivity index (χ0n) is 17.2. The maximum atomic E-state index is 13.3. The molecule has 2 aliphatic heterocycles. The van der Waals surface area contributed by atoms with Crippen LogP contribution in [0, 0.1) is 5.82 Å². The fourth-order valence-electron chi connectivity index (χ4n) is 4.14. The van der Waals surface area contributed by atoms with Crippen LogP contribution in [0.2, 0.25) is 0 Å². The third kappa shape index (κ3) is 4.84. The Kier molecular flexibility index (Phi) is 6.16. The smallest absolute Gasteiger partial charge is 0.321 e. The predicted octanol–water partition coefficient (Wildman–Crippen LogP) is 2.69. The molecular formula is C23H25FN4O3. The van der Waals surface area contributed by atoms with Crippen molar-refractivity contribution < 1.29 is 18.8 Å². The topological polar surface area (TPSA) is 73.0 Å². The molecule has 0 spiro atoms. The average Bonchev–Trinajstić information content (AvgIpc) is 2.78. The standard InChI is InChI=1S/C23H25FN4O3/c24-18-7-4-8-19(15-18)25-23(31)26-11-9-20(10-12-26)28-14-13-27(21(29)22(28)30)16-17-5-2-1-3-6-17/h1-8,15,20H,9-14,16H2,(H,25,31). The van der Waals surface area contributed by atoms with Crippen molar-refractivity contribution in [1.82, 2.24) is 14.7 Å². The number of rotatable bonds is 4. The molecule has 0 radical (unpaired) electrons. The Hall–Kier alpha value is -3.42. The Morgan fingerprint density at radius 1 is 0.935 bits per heavy atom. The molecule has 0 bridgehead atoms. The monoisotopic (exact) mass is 424 g/mol. The molecule has 4 rings (SSSR count). The molecule has 162 valence electrons. The van der Waals surface area contributed by atoms with Gasteiger partial charge in [0.05, 0.1) is 0 Å². The molecule has 0 aliphatic carbocycles. The van der Waals surface area contributed by atoms with E-state index in [1.165, 1.54) is 18.2 Å². The summed E-state index contributed by atoms with van der Waals surface area (Å²) in [6.07, 6.45) is 1.21. The van der Waals surface area contributed by atoms with Crippen LogP contribution in [0.15, 0.2) is 54.6 Å². The minimum atomic E-state index is -0.471. The molecule has 2 aromatic carbocycles. The molecule has 0 atom stereocenters. The molecular weight excluding hydrogens is 399 g/mol. The molecule has 2 heterocycles. The third-order valence-electron chi connectivity index (χ3n) is 5.83. The van der Waals surface area contributed by atoms with Gasteiger partial charge in [-0.25, -0.2) is 9.18 Å². The minimum Gasteiger partial charge on any atom is -0.330 e. The maximum Gasteiger partial charge on any atom is 0.321 e. The highest BCUT2D eigenvalue weighted by Crippen LogP contribution is 2.21. The van der Waals surface area contributed by atoms with Gasteiger partial charge in [0.1, 0.15) is 5.82 Å². The number of likely N-dealkylation sites (tertiary alicyclic amines) is 1. The lowest BCUT2D eigenvalue weighted by Gasteiger charge is -2.42. The van der Waals surface area contributed by atoms with Crippen molar-refractivity contribution in [3.05, 3.63) is 66.0 Å². The number of piperazine rings is 1. The summed E-state index contributed by atoms with van der Waals surface area (Å²) in [5, 5.41) is 2.70. The van der Waals surface area contributed by atoms with Gasteiger partial charge in [0.15, 0.2) is 0 Å². The van der Waals surface area contributed by atoms with Crippen LogP contribution in [0.25, 0.3) is 0 Å². The van der Waals surface area contributed by atoms with Crippen LogP contribution in [-0.4, -0.2) is 64.8 Å². The van der Waals surface area contributed by atoms with Crippen LogP contribution < -0.4 is 5.32 Å². The Morgan fingerprint density at radius 3 is 2.39 bits per heavy atom. The van der Waals surface area contributed by atoms with Crippen molar-refractivity contribution in [2.75, 3.05) is 31.5 Å². The van der Waals surface area contributed by atoms with Crippen molar-refractivity contribution >= 4 is 23.5 Å². The van der Waals surface area contributed by atoms with E-state index in [2.05, 4.69) is 5.32 Å². The minimum absolute atomic E-state index is 0.0615. The highest BCUT2D eigenvalue weighted by molar-refractivity contribution is 6.35. The molecule has 31 heavy (non-hydrogen) atoms. The highest BCUT2D eigenvalue weighted by atomic mass is 19.1. The third-order valence-corrected chi connectivity index (χ3v) is 5.83. The first-order valence-corrected chi connectivity index (χ1v) is 10.5. The zero-order chi connectivity index (χ0) is 21.8. The van der Waals surface area contributed by atoms with Crippen LogP contribution in [0.5, 0.6) is 0 Å². The van der Waals surface area contributed by atoms with E-state index in [1.54, 1.807) is 20.8 Å². The molecule has 2 fully saturated rings. The summed E-state index contributed by atoms with van der Waals surface area (Å²) in [7, 11) is 0. The predicted molar refractivity (Wildman–Crippen MR) is 114 cm³/mol. The fraction of sp³-hybridized carbons (Fsp3) is 0.348. The van der Waals surface area contributed by atoms with Crippen molar-refractivity contribution in [2.24, 2.45) is 0 Å². The lowest BCUT2D eigenvalue weighted by atomic mass is 10.0. The van der Waals surface area contributed by atoms with Crippen LogP contribution in [0.3, 0.4) is 0 Å². The van der Waals surface area contributed by atoms with E-state index in [-0.39, 0.29) is 12.1 Å². The van der Waals surface area contributed by atoms with Gasteiger partial charge in [-0.2, -0.15) is 0 Å². The number of halogens is 1. The Bertz CT molecular complexity index is 960. The Morgan fingerprint density at radius 2 is 1.68 bits per heavy atom. The highest BCUT2D eigenvalue weighted by Gasteiger charge is 2.37. The summed E-state index contributed by atoms with van der Waals surface area (Å²) in [5.41, 5.74) is 1.40. The molecule has 4 amide bonds. The van der Waals surface area contributed by atoms with Gasteiger partial charge in [-0.3, -0.25) is 9.59 Å². The fourth-order valence-corrected chi connectivity index (χ4v) is 4.14. The normalized spacial score (nSPS) is 17.8. The van der Waals surface area contributed by atoms with Gasteiger partial charge >= 0.3 is 17.8 Å². The lowest BCUT2D eigenvalue weighted by molar-refractivity contribution is -0.158. The van der Waals surface area contributed by atoms with Crippen LogP contribution in [0.1, 0.15) is 18.4 Å². The van der Waals surface area contributed by atoms with Crippen molar-refractivity contribution in [3.8, 4) is 0 Å². The maximum absolute atomic E-state index is 13.3. The van der Waals surface area contributed by atoms with E-state index in [9.17, 15) is 18.8 Å². The number of urea groups is 1. The second-order valence-electron chi connectivity index (χ2n) is 7.87. The number of benzene rings is 2. The van der Waals surface area contributed by atoms with Crippen LogP contribution in [0.4, 0.5) is 14.9 Å². The molecule has 0 aromatic heterocycles. The van der Waals surface area contributed by atoms with E-state index in [1.807, 2.05) is 30.3 Å². The molecule has 2 aromatic rings. The molecule has 1 N–H and O–H groups in total. The molecule has 8 heteroatoms. The zero-order valence-corrected chi connectivity index (χ0v) is 17.2. The summed E-state index contributed by atoms with van der Waals surface area (Å²) in [5.74, 6) is -1.35. The summed E-state index contributed by atoms with van der Waals surface area (Å²) < 4.78 is 13.3. The molecule has 0 saturated carbocycles. The van der Waals surface area contributed by atoms with Crippen molar-refractivity contribution in [2.45, 2.75) is 25.4 Å². The van der Waals surface area contributed by atoms with Gasteiger partial charge in [-0.05, 0) is 36.6 Å². The van der Waals surface area contributed by atoms with E-state index in [4.69, 9.17) is 0 Å². The Labute approximate surface area is 180 Å². The van der Waals surface area contributed by atoms with E-state index in [0.717, 1.165) is 5.56 Å². The quantitative estimate of drug-likeness (QED) is 0.767. The molecule has 2 aliphatic rings. The van der Waals surface area contributed by atoms with Gasteiger partial charge in [-0.1, -0.05) is 36.4 Å². The van der Waals surface area contributed by atoms with Gasteiger partial charge < -0.3 is 20.0 Å². The van der Waals surface area contributed by atoms with E-state index in [0.29, 0.717) is 51.3 Å². The first-order valence-electron chi connectivity index (χ1n) is 10.5. The number of nitrogens with one attached hydrogen (secondary N) is 1. The number of amides is 4. The average molecular weight is 424 g/mol. The number of carbonyl (C=O) groups excluding carboxylic acids is 3. The second kappa shape index (κ2) is 9.16. The first-order chi connectivity index (χ1) is 15.0. The van der Waals surface area contributed by atoms with Gasteiger partial charge in [0.2, 0.25) is 0 Å². The molecule has 0 unspecified atom stereocenters. The van der Waals surface area contributed by atoms with Gasteiger partial charge in [0.25, 0.3) is 0 Å². The number of nitrogens with zero attached hydrogens (tertiary/aromatic N) is 3. The second-order valence-corrected chi connectivity index (χ2v) is 7.87. The molecule has 2 saturated heterocycles. The van der Waals surface area contributed by atoms with Crippen molar-refractivity contribution in [1.29, 1.82) is 0 Å². The molecule has 7 nitrogen and oxygen atoms in total. The van der Waals surface area contributed by atoms with Crippen LogP contribution in [-0.2, 0) is 16.1 Å². The summed E-state index contributed by atoms with van der Waals surface area (Å²) in [4.78, 5) is 42.7. The number of carbonyl (C=O) groups is 3. The number of hydrogen-bond donors (Lipinski definition) is 1. The first kappa shape index (κ1) is 20.8. The van der Waals surface area contributed by atoms with E-state index >= 15 is 0 Å². The lowest BCUT2D eigenvalue weighted by Crippen LogP contribution is -2.59. The number of anilines is 1. The SMILES string of the molecule is O=C(Nc1cccc(F)c1)N1CCC(N2CCN(Cc3ccccc3)C(=O)C2=O)CC1. The largest absolute Gasteiger partial charge is 0.330 e. The number of hydrogen-bond acceptors (Lipinski definition) is 3. The summed E-state index contributed by atoms with van der Waals surface area (Å²) in [6.45, 7) is 2.37. The van der Waals surface area contributed by atoms with Gasteiger partial charge in [0, 0.05) is 44.5 Å². The van der Waals surface area contributed by atoms with E-state index < -0.39 is 17.6 Å². The van der Waals surface area contributed by atoms with Gasteiger partial charge in [-0.15, -0.1) is 0 Å². The Balaban J connectivity index is 1.29. The van der Waals surface area contributed by atoms with Crippen LogP contribution >= 0.6 is 0 Å². The summed E-state index contributed by atoms with van der Waals surface area (Å²) in [6, 6.07) is 15.0. The summed E-state index contributed by atoms with van der Waals surface area (Å²) >= 11 is 0. The van der Waals surface area contributed by atoms with Crippen molar-refractivity contribution in [3.63, 3.8) is 0 Å². The number of piperidine rings is 1.